The Morgan fingerprint density at radius 1 is 0.658 bits per heavy atom. The van der Waals surface area contributed by atoms with Crippen LogP contribution in [0.3, 0.4) is 0 Å². The molecule has 5 aromatic carbocycles. The predicted octanol–water partition coefficient (Wildman–Crippen LogP) is 5.03. The Morgan fingerprint density at radius 3 is 1.84 bits per heavy atom. The number of hydrogen-bond donors (Lipinski definition) is 2. The van der Waals surface area contributed by atoms with Gasteiger partial charge in [0.2, 0.25) is 0 Å². The highest BCUT2D eigenvalue weighted by atomic mass is 28.1. The van der Waals surface area contributed by atoms with Gasteiger partial charge in [-0.25, -0.2) is 4.99 Å². The Balaban J connectivity index is 1.60. The van der Waals surface area contributed by atoms with Crippen LogP contribution in [0.15, 0.2) is 132 Å². The van der Waals surface area contributed by atoms with Gasteiger partial charge in [0.25, 0.3) is 0 Å². The first-order valence-corrected chi connectivity index (χ1v) is 13.9. The zero-order chi connectivity index (χ0) is 26.1. The second-order valence-electron chi connectivity index (χ2n) is 9.72. The van der Waals surface area contributed by atoms with Crippen molar-refractivity contribution in [3.63, 3.8) is 0 Å². The molecule has 0 fully saturated rings. The highest BCUT2D eigenvalue weighted by molar-refractivity contribution is 6.32. The van der Waals surface area contributed by atoms with Crippen molar-refractivity contribution >= 4 is 27.1 Å². The highest BCUT2D eigenvalue weighted by Gasteiger charge is 2.46. The molecule has 38 heavy (non-hydrogen) atoms. The van der Waals surface area contributed by atoms with E-state index in [1.54, 1.807) is 0 Å². The molecule has 5 aromatic rings. The summed E-state index contributed by atoms with van der Waals surface area (Å²) in [6, 6.07) is 44.9. The van der Waals surface area contributed by atoms with Crippen molar-refractivity contribution in [2.75, 3.05) is 7.05 Å². The largest absolute Gasteiger partial charge is 0.373 e. The van der Waals surface area contributed by atoms with Gasteiger partial charge in [-0.3, -0.25) is 5.41 Å². The molecule has 0 atom stereocenters. The normalized spacial score (nSPS) is 13.6. The van der Waals surface area contributed by atoms with Crippen molar-refractivity contribution in [1.82, 2.24) is 5.32 Å². The van der Waals surface area contributed by atoms with Crippen molar-refractivity contribution in [3.8, 4) is 11.1 Å². The molecule has 2 N–H and O–H groups in total. The maximum Gasteiger partial charge on any atom is 0.154 e. The summed E-state index contributed by atoms with van der Waals surface area (Å²) in [5.41, 5.74) is 8.91. The zero-order valence-electron chi connectivity index (χ0n) is 21.6. The average Bonchev–Trinajstić information content (AvgIpc) is 3.27. The summed E-state index contributed by atoms with van der Waals surface area (Å²) in [4.78, 5) is 4.70. The quantitative estimate of drug-likeness (QED) is 0.196. The molecular formula is C34H29N3Si. The number of nitrogens with zero attached hydrogens (tertiary/aromatic N) is 1. The fraction of sp³-hybridized carbons (Fsp3) is 0.0588. The Labute approximate surface area is 226 Å². The van der Waals surface area contributed by atoms with Gasteiger partial charge in [-0.2, -0.15) is 0 Å². The fourth-order valence-electron chi connectivity index (χ4n) is 5.84. The van der Waals surface area contributed by atoms with E-state index in [4.69, 9.17) is 10.4 Å². The van der Waals surface area contributed by atoms with Crippen LogP contribution in [0.5, 0.6) is 0 Å². The Morgan fingerprint density at radius 2 is 1.21 bits per heavy atom. The number of fused-ring (bicyclic) bond motifs is 3. The number of benzene rings is 5. The van der Waals surface area contributed by atoms with E-state index < -0.39 is 5.41 Å². The fourth-order valence-corrected chi connectivity index (χ4v) is 6.34. The maximum absolute atomic E-state index is 8.60. The molecule has 0 aromatic heterocycles. The highest BCUT2D eigenvalue weighted by Crippen LogP contribution is 2.55. The Hall–Kier alpha value is -4.54. The van der Waals surface area contributed by atoms with Gasteiger partial charge in [0.05, 0.1) is 5.41 Å². The first-order valence-electron chi connectivity index (χ1n) is 12.9. The average molecular weight is 508 g/mol. The van der Waals surface area contributed by atoms with Crippen molar-refractivity contribution in [1.29, 1.82) is 5.41 Å². The molecule has 0 bridgehead atoms. The molecule has 0 spiro atoms. The van der Waals surface area contributed by atoms with E-state index in [2.05, 4.69) is 102 Å². The number of amidine groups is 2. The second kappa shape index (κ2) is 9.73. The molecule has 1 aliphatic carbocycles. The van der Waals surface area contributed by atoms with Crippen molar-refractivity contribution in [2.45, 2.75) is 5.41 Å². The summed E-state index contributed by atoms with van der Waals surface area (Å²) in [6.07, 6.45) is 0. The van der Waals surface area contributed by atoms with Crippen LogP contribution >= 0.6 is 0 Å². The summed E-state index contributed by atoms with van der Waals surface area (Å²) in [5, 5.41) is 13.2. The SMILES string of the molecule is CN/C(=N\C(=N)c1ccccc1)c1cccc(C2(c3cccc([SiH3])c3)c3ccccc3-c3ccccc32)c1. The predicted molar refractivity (Wildman–Crippen MR) is 162 cm³/mol. The standard InChI is InChI=1S/C34H29N3Si/c1-36-33(37-32(35)23-11-3-2-4-12-23)24-13-9-14-25(21-24)34(26-15-10-16-27(38)22-26)30-19-7-5-17-28(30)29-18-6-8-20-31(29)34/h2-22H,1,38H3,(H2,35,36,37). The van der Waals surface area contributed by atoms with E-state index in [1.165, 1.54) is 38.6 Å². The molecule has 0 saturated heterocycles. The molecule has 4 heteroatoms. The van der Waals surface area contributed by atoms with Gasteiger partial charge in [-0.05, 0) is 39.4 Å². The van der Waals surface area contributed by atoms with Gasteiger partial charge in [0, 0.05) is 28.4 Å². The summed E-state index contributed by atoms with van der Waals surface area (Å²) in [7, 11) is 2.85. The molecule has 1 aliphatic rings. The van der Waals surface area contributed by atoms with E-state index >= 15 is 0 Å². The Bertz CT molecular complexity index is 1640. The third-order valence-corrected chi connectivity index (χ3v) is 8.10. The minimum Gasteiger partial charge on any atom is -0.373 e. The molecule has 0 aliphatic heterocycles. The second-order valence-corrected chi connectivity index (χ2v) is 10.9. The van der Waals surface area contributed by atoms with E-state index in [0.29, 0.717) is 5.84 Å². The first-order chi connectivity index (χ1) is 18.6. The first kappa shape index (κ1) is 23.8. The zero-order valence-corrected chi connectivity index (χ0v) is 23.6. The third kappa shape index (κ3) is 3.82. The lowest BCUT2D eigenvalue weighted by atomic mass is 9.67. The number of rotatable bonds is 4. The summed E-state index contributed by atoms with van der Waals surface area (Å²) < 4.78 is 0. The smallest absolute Gasteiger partial charge is 0.154 e. The van der Waals surface area contributed by atoms with E-state index in [-0.39, 0.29) is 5.84 Å². The third-order valence-electron chi connectivity index (χ3n) is 7.48. The van der Waals surface area contributed by atoms with Crippen molar-refractivity contribution in [2.24, 2.45) is 4.99 Å². The van der Waals surface area contributed by atoms with Crippen LogP contribution in [-0.4, -0.2) is 29.0 Å². The number of aliphatic imine (C=N–C) groups is 1. The van der Waals surface area contributed by atoms with Crippen LogP contribution in [0.2, 0.25) is 0 Å². The molecule has 0 heterocycles. The Kier molecular flexibility index (Phi) is 6.10. The van der Waals surface area contributed by atoms with Crippen LogP contribution in [0.1, 0.15) is 33.4 Å². The van der Waals surface area contributed by atoms with Crippen molar-refractivity contribution in [3.05, 3.63) is 161 Å². The lowest BCUT2D eigenvalue weighted by molar-refractivity contribution is 0.769. The number of hydrogen-bond acceptors (Lipinski definition) is 1. The minimum absolute atomic E-state index is 0.232. The van der Waals surface area contributed by atoms with Gasteiger partial charge in [-0.15, -0.1) is 0 Å². The van der Waals surface area contributed by atoms with Crippen LogP contribution in [0, 0.1) is 5.41 Å². The van der Waals surface area contributed by atoms with Crippen LogP contribution in [0.4, 0.5) is 0 Å². The van der Waals surface area contributed by atoms with Gasteiger partial charge in [0.15, 0.2) is 5.84 Å². The lowest BCUT2D eigenvalue weighted by Gasteiger charge is -2.34. The van der Waals surface area contributed by atoms with Gasteiger partial charge >= 0.3 is 0 Å². The summed E-state index contributed by atoms with van der Waals surface area (Å²) in [5.74, 6) is 0.905. The molecule has 3 nitrogen and oxygen atoms in total. The van der Waals surface area contributed by atoms with Gasteiger partial charge in [0.1, 0.15) is 5.84 Å². The number of nitrogens with one attached hydrogen (secondary N) is 2. The lowest BCUT2D eigenvalue weighted by Crippen LogP contribution is -2.30. The monoisotopic (exact) mass is 507 g/mol. The molecule has 0 saturated carbocycles. The molecule has 0 unspecified atom stereocenters. The topological polar surface area (TPSA) is 48.2 Å². The molecular weight excluding hydrogens is 478 g/mol. The molecule has 0 amide bonds. The van der Waals surface area contributed by atoms with Crippen LogP contribution < -0.4 is 10.5 Å². The van der Waals surface area contributed by atoms with E-state index in [9.17, 15) is 0 Å². The summed E-state index contributed by atoms with van der Waals surface area (Å²) >= 11 is 0. The molecule has 184 valence electrons. The molecule has 6 rings (SSSR count). The van der Waals surface area contributed by atoms with E-state index in [1.807, 2.05) is 37.4 Å². The minimum atomic E-state index is -0.449. The maximum atomic E-state index is 8.60. The van der Waals surface area contributed by atoms with Crippen LogP contribution in [0.25, 0.3) is 11.1 Å². The summed E-state index contributed by atoms with van der Waals surface area (Å²) in [6.45, 7) is 0. The van der Waals surface area contributed by atoms with Crippen LogP contribution in [-0.2, 0) is 5.41 Å². The molecule has 0 radical (unpaired) electrons. The van der Waals surface area contributed by atoms with Gasteiger partial charge < -0.3 is 5.32 Å². The van der Waals surface area contributed by atoms with Gasteiger partial charge in [-0.1, -0.05) is 127 Å². The van der Waals surface area contributed by atoms with Crippen molar-refractivity contribution < 1.29 is 0 Å². The van der Waals surface area contributed by atoms with E-state index in [0.717, 1.165) is 21.4 Å².